The minimum atomic E-state index is -1.00. The molecule has 0 heterocycles. The van der Waals surface area contributed by atoms with Crippen molar-refractivity contribution in [1.82, 2.24) is 0 Å². The quantitative estimate of drug-likeness (QED) is 0.0939. The molecule has 6 rings (SSSR count). The zero-order valence-corrected chi connectivity index (χ0v) is 33.9. The summed E-state index contributed by atoms with van der Waals surface area (Å²) in [6.45, 7) is 0. The Morgan fingerprint density at radius 3 is 1.05 bits per heavy atom. The van der Waals surface area contributed by atoms with Crippen molar-refractivity contribution >= 4 is 52.3 Å². The molecule has 5 nitrogen and oxygen atoms in total. The van der Waals surface area contributed by atoms with E-state index in [9.17, 15) is 22.0 Å². The summed E-state index contributed by atoms with van der Waals surface area (Å²) in [5.41, 5.74) is 2.37. The summed E-state index contributed by atoms with van der Waals surface area (Å²) < 4.78 is 100. The number of hydrogen-bond acceptors (Lipinski definition) is 6. The summed E-state index contributed by atoms with van der Waals surface area (Å²) in [5, 5.41) is 0. The monoisotopic (exact) mass is 901 g/mol. The molecule has 0 saturated carbocycles. The molecule has 14 heteroatoms. The number of hydrogen-bond donors (Lipinski definition) is 1. The standard InChI is InChI=1S/C20H14Br2F2O2.C20H16F2O2.CH3F.BHNS/c1-25-17-7-3-11(21)9-13(17)19-15(23)5-6-16(24)20(19)14-10-12(22)4-8-18(14)26-2;1-23-17-9-5-3-7-13(17)19-15(21)11-12-16(22)20(19)14-8-4-6-10-18(14)24-2;1-2;1-2-3/h3-10H,1-2H3;3-12H,1-2H3;1H3;3H/i;;1D;. The summed E-state index contributed by atoms with van der Waals surface area (Å²) in [6.07, 6.45) is 0. The molecular formula is C41H34BBr2F5NO4S. The number of benzene rings is 6. The molecule has 0 amide bonds. The van der Waals surface area contributed by atoms with Crippen molar-refractivity contribution in [1.29, 1.82) is 0 Å². The third kappa shape index (κ3) is 10.8. The summed E-state index contributed by atoms with van der Waals surface area (Å²) in [6, 6.07) is 28.7. The Morgan fingerprint density at radius 1 is 0.509 bits per heavy atom. The average Bonchev–Trinajstić information content (AvgIpc) is 3.20. The van der Waals surface area contributed by atoms with E-state index in [-0.39, 0.29) is 22.3 Å². The van der Waals surface area contributed by atoms with E-state index >= 15 is 0 Å². The number of para-hydroxylation sites is 2. The van der Waals surface area contributed by atoms with Gasteiger partial charge in [-0.05, 0) is 72.8 Å². The second-order valence-electron chi connectivity index (χ2n) is 10.8. The number of ether oxygens (including phenoxy) is 4. The van der Waals surface area contributed by atoms with Gasteiger partial charge in [0.25, 0.3) is 0 Å². The Kier molecular flexibility index (Phi) is 17.3. The van der Waals surface area contributed by atoms with Crippen LogP contribution in [0.4, 0.5) is 22.0 Å². The van der Waals surface area contributed by atoms with Crippen molar-refractivity contribution in [2.75, 3.05) is 35.6 Å². The zero-order chi connectivity index (χ0) is 41.4. The van der Waals surface area contributed by atoms with E-state index in [1.165, 1.54) is 28.4 Å². The first kappa shape index (κ1) is 43.1. The van der Waals surface area contributed by atoms with Gasteiger partial charge in [0.1, 0.15) is 46.3 Å². The van der Waals surface area contributed by atoms with Crippen molar-refractivity contribution in [3.63, 3.8) is 0 Å². The van der Waals surface area contributed by atoms with Gasteiger partial charge in [0, 0.05) is 53.5 Å². The van der Waals surface area contributed by atoms with Gasteiger partial charge in [-0.25, -0.2) is 17.6 Å². The second kappa shape index (κ2) is 22.0. The summed E-state index contributed by atoms with van der Waals surface area (Å²) in [7, 11) is 9.31. The van der Waals surface area contributed by atoms with E-state index < -0.39 is 30.4 Å². The third-order valence-electron chi connectivity index (χ3n) is 7.82. The first-order valence-corrected chi connectivity index (χ1v) is 17.7. The van der Waals surface area contributed by atoms with Gasteiger partial charge in [0.05, 0.1) is 37.0 Å². The van der Waals surface area contributed by atoms with Crippen molar-refractivity contribution < 1.29 is 42.3 Å². The normalized spacial score (nSPS) is 10.2. The number of methoxy groups -OCH3 is 4. The van der Waals surface area contributed by atoms with E-state index in [2.05, 4.69) is 56.6 Å². The molecule has 1 radical (unpaired) electrons. The fourth-order valence-corrected chi connectivity index (χ4v) is 6.33. The number of thiol groups is 1. The Bertz CT molecular complexity index is 2110. The number of alkyl halides is 1. The molecule has 0 atom stereocenters. The summed E-state index contributed by atoms with van der Waals surface area (Å²) in [4.78, 5) is 0. The molecule has 285 valence electrons. The van der Waals surface area contributed by atoms with Gasteiger partial charge < -0.3 is 18.9 Å². The predicted octanol–water partition coefficient (Wildman–Crippen LogP) is 12.9. The van der Waals surface area contributed by atoms with Crippen LogP contribution in [-0.4, -0.2) is 43.2 Å². The van der Waals surface area contributed by atoms with Crippen LogP contribution in [0.25, 0.3) is 44.5 Å². The predicted molar refractivity (Wildman–Crippen MR) is 220 cm³/mol. The van der Waals surface area contributed by atoms with E-state index in [0.717, 1.165) is 33.2 Å². The fourth-order valence-electron chi connectivity index (χ4n) is 5.61. The molecule has 0 aliphatic heterocycles. The van der Waals surface area contributed by atoms with E-state index in [4.69, 9.17) is 20.3 Å². The molecular weight excluding hydrogens is 868 g/mol. The first-order chi connectivity index (χ1) is 27.0. The minimum absolute atomic E-state index is 0.111. The van der Waals surface area contributed by atoms with Crippen LogP contribution in [0.3, 0.4) is 0 Å². The van der Waals surface area contributed by atoms with Gasteiger partial charge >= 0.3 is 24.8 Å². The molecule has 0 bridgehead atoms. The molecule has 0 aliphatic carbocycles. The van der Waals surface area contributed by atoms with Crippen LogP contribution in [0.1, 0.15) is 1.37 Å². The third-order valence-corrected chi connectivity index (χ3v) is 8.81. The van der Waals surface area contributed by atoms with Gasteiger partial charge in [-0.2, -0.15) is 0 Å². The van der Waals surface area contributed by atoms with Crippen LogP contribution in [0.15, 0.2) is 122 Å². The molecule has 0 spiro atoms. The molecule has 0 unspecified atom stereocenters. The number of rotatable bonds is 8. The average molecular weight is 903 g/mol. The first-order valence-electron chi connectivity index (χ1n) is 16.5. The summed E-state index contributed by atoms with van der Waals surface area (Å²) >= 11 is 9.96. The van der Waals surface area contributed by atoms with Gasteiger partial charge in [0.2, 0.25) is 0 Å². The molecule has 6 aromatic carbocycles. The maximum atomic E-state index is 14.9. The van der Waals surface area contributed by atoms with Crippen LogP contribution in [-0.2, 0) is 0 Å². The topological polar surface area (TPSA) is 49.3 Å². The van der Waals surface area contributed by atoms with Crippen molar-refractivity contribution in [2.24, 2.45) is 4.30 Å². The van der Waals surface area contributed by atoms with Crippen LogP contribution in [0, 0.1) is 23.3 Å². The van der Waals surface area contributed by atoms with E-state index in [1.54, 1.807) is 84.9 Å². The molecule has 55 heavy (non-hydrogen) atoms. The fraction of sp³-hybridized carbons (Fsp3) is 0.122. The van der Waals surface area contributed by atoms with Crippen LogP contribution in [0.5, 0.6) is 23.0 Å². The van der Waals surface area contributed by atoms with E-state index in [0.29, 0.717) is 45.3 Å². The molecule has 0 saturated heterocycles. The number of halogens is 7. The molecule has 0 aromatic heterocycles. The molecule has 6 aromatic rings. The summed E-state index contributed by atoms with van der Waals surface area (Å²) in [5.74, 6) is -0.347. The second-order valence-corrected chi connectivity index (χ2v) is 12.8. The van der Waals surface area contributed by atoms with Gasteiger partial charge in [-0.3, -0.25) is 4.39 Å². The van der Waals surface area contributed by atoms with Gasteiger partial charge in [-0.15, -0.1) is 0 Å². The van der Waals surface area contributed by atoms with Crippen molar-refractivity contribution in [3.8, 4) is 67.5 Å². The van der Waals surface area contributed by atoms with Crippen LogP contribution in [0.2, 0.25) is 0 Å². The van der Waals surface area contributed by atoms with Gasteiger partial charge in [-0.1, -0.05) is 68.3 Å². The SMILES string of the molecule is COc1ccc(Br)cc1-c1c(F)ccc(F)c1-c1cc(Br)ccc1OC.COc1ccccc1-c1c(F)ccc(F)c1-c1ccccc1OC.[2H]CF.[B]=NS. The molecule has 0 fully saturated rings. The Balaban J connectivity index is 0.000000264. The maximum absolute atomic E-state index is 14.9. The molecule has 0 N–H and O–H groups in total. The Morgan fingerprint density at radius 2 is 0.764 bits per heavy atom. The van der Waals surface area contributed by atoms with Crippen LogP contribution >= 0.6 is 44.7 Å². The Hall–Kier alpha value is -4.66. The Labute approximate surface area is 341 Å². The zero-order valence-electron chi connectivity index (χ0n) is 30.8. The van der Waals surface area contributed by atoms with Crippen molar-refractivity contribution in [2.45, 2.75) is 0 Å². The van der Waals surface area contributed by atoms with Crippen LogP contribution < -0.4 is 18.9 Å². The van der Waals surface area contributed by atoms with E-state index in [1.807, 2.05) is 0 Å². The number of nitrogens with zero attached hydrogens (tertiary/aromatic N) is 1. The van der Waals surface area contributed by atoms with Crippen molar-refractivity contribution in [3.05, 3.63) is 141 Å². The van der Waals surface area contributed by atoms with Gasteiger partial charge in [0.15, 0.2) is 0 Å². The molecule has 0 aliphatic rings.